The summed E-state index contributed by atoms with van der Waals surface area (Å²) in [5.74, 6) is -0.204. The fourth-order valence-corrected chi connectivity index (χ4v) is 16.8. The molecule has 1 fully saturated rings. The van der Waals surface area contributed by atoms with E-state index in [9.17, 15) is 9.59 Å². The Morgan fingerprint density at radius 3 is 1.78 bits per heavy atom. The van der Waals surface area contributed by atoms with Gasteiger partial charge in [-0.15, -0.1) is 0 Å². The van der Waals surface area contributed by atoms with E-state index in [1.165, 1.54) is 10.4 Å². The van der Waals surface area contributed by atoms with Crippen molar-refractivity contribution in [3.8, 4) is 0 Å². The largest absolute Gasteiger partial charge is 0.461 e. The molecule has 3 atom stereocenters. The van der Waals surface area contributed by atoms with Crippen molar-refractivity contribution in [1.82, 2.24) is 0 Å². The van der Waals surface area contributed by atoms with Crippen LogP contribution in [0, 0.1) is 5.41 Å². The summed E-state index contributed by atoms with van der Waals surface area (Å²) in [5, 5.41) is 2.22. The number of rotatable bonds is 11. The number of ether oxygens (including phenoxy) is 1. The molecule has 0 aliphatic carbocycles. The highest BCUT2D eigenvalue weighted by molar-refractivity contribution is 6.99. The number of carbonyl (C=O) groups is 2. The van der Waals surface area contributed by atoms with Crippen LogP contribution in [0.1, 0.15) is 54.9 Å². The standard InChI is InChI=1S/C30H44O4Si2/c1-8-35(9-2,10-3)27-26(21-22-31)34-28(32)30(27,7)23-33-36(29(4,5)6,24-17-13-11-14-18-24)25-19-15-12-16-20-25/h11-20,22,26-27H,8-10,21,23H2,1-7H3/t26-,27+,30-/m1/s1. The second-order valence-corrected chi connectivity index (χ2v) is 21.4. The second kappa shape index (κ2) is 11.2. The normalized spacial score (nSPS) is 22.9. The average molecular weight is 525 g/mol. The summed E-state index contributed by atoms with van der Waals surface area (Å²) < 4.78 is 13.3. The third-order valence-electron chi connectivity index (χ3n) is 8.89. The molecule has 0 amide bonds. The molecule has 2 aromatic rings. The molecule has 1 aliphatic rings. The lowest BCUT2D eigenvalue weighted by Crippen LogP contribution is -2.67. The molecular weight excluding hydrogens is 480 g/mol. The van der Waals surface area contributed by atoms with E-state index < -0.39 is 21.8 Å². The first-order chi connectivity index (χ1) is 17.1. The summed E-state index contributed by atoms with van der Waals surface area (Å²) >= 11 is 0. The predicted octanol–water partition coefficient (Wildman–Crippen LogP) is 5.96. The number of benzene rings is 2. The van der Waals surface area contributed by atoms with Gasteiger partial charge in [0.05, 0.1) is 20.1 Å². The van der Waals surface area contributed by atoms with Crippen LogP contribution in [0.5, 0.6) is 0 Å². The molecule has 6 heteroatoms. The summed E-state index contributed by atoms with van der Waals surface area (Å²) in [6.07, 6.45) is 0.828. The average Bonchev–Trinajstić information content (AvgIpc) is 3.12. The molecule has 36 heavy (non-hydrogen) atoms. The fraction of sp³-hybridized carbons (Fsp3) is 0.533. The Balaban J connectivity index is 2.17. The zero-order chi connectivity index (χ0) is 26.6. The van der Waals surface area contributed by atoms with Gasteiger partial charge in [0, 0.05) is 12.0 Å². The molecule has 2 aromatic carbocycles. The Kier molecular flexibility index (Phi) is 8.84. The van der Waals surface area contributed by atoms with E-state index in [1.54, 1.807) is 0 Å². The number of carbonyl (C=O) groups excluding carboxylic acids is 2. The lowest BCUT2D eigenvalue weighted by atomic mass is 9.86. The first-order valence-electron chi connectivity index (χ1n) is 13.5. The molecule has 1 saturated heterocycles. The minimum Gasteiger partial charge on any atom is -0.461 e. The highest BCUT2D eigenvalue weighted by Crippen LogP contribution is 2.55. The molecule has 1 aliphatic heterocycles. The predicted molar refractivity (Wildman–Crippen MR) is 153 cm³/mol. The van der Waals surface area contributed by atoms with Crippen molar-refractivity contribution in [3.05, 3.63) is 60.7 Å². The minimum absolute atomic E-state index is 0.0425. The van der Waals surface area contributed by atoms with Crippen molar-refractivity contribution < 1.29 is 18.8 Å². The molecular formula is C30H44O4Si2. The van der Waals surface area contributed by atoms with E-state index in [0.29, 0.717) is 6.61 Å². The molecule has 196 valence electrons. The van der Waals surface area contributed by atoms with Gasteiger partial charge in [0.15, 0.2) is 0 Å². The molecule has 0 aromatic heterocycles. The molecule has 1 heterocycles. The lowest BCUT2D eigenvalue weighted by molar-refractivity contribution is -0.149. The Bertz CT molecular complexity index is 966. The zero-order valence-electron chi connectivity index (χ0n) is 23.2. The summed E-state index contributed by atoms with van der Waals surface area (Å²) in [6, 6.07) is 24.3. The van der Waals surface area contributed by atoms with Crippen molar-refractivity contribution in [2.45, 2.75) is 89.7 Å². The van der Waals surface area contributed by atoms with Crippen LogP contribution in [0.4, 0.5) is 0 Å². The highest BCUT2D eigenvalue weighted by atomic mass is 28.4. The Labute approximate surface area is 219 Å². The third kappa shape index (κ3) is 4.80. The summed E-state index contributed by atoms with van der Waals surface area (Å²) in [4.78, 5) is 25.3. The molecule has 0 bridgehead atoms. The lowest BCUT2D eigenvalue weighted by Gasteiger charge is -2.47. The summed E-state index contributed by atoms with van der Waals surface area (Å²) in [6.45, 7) is 15.9. The molecule has 0 saturated carbocycles. The van der Waals surface area contributed by atoms with E-state index in [-0.39, 0.29) is 29.1 Å². The molecule has 0 spiro atoms. The van der Waals surface area contributed by atoms with Crippen LogP contribution in [0.15, 0.2) is 60.7 Å². The maximum Gasteiger partial charge on any atom is 0.314 e. The van der Waals surface area contributed by atoms with Gasteiger partial charge in [-0.1, -0.05) is 120 Å². The van der Waals surface area contributed by atoms with Crippen LogP contribution in [-0.4, -0.2) is 41.4 Å². The molecule has 0 unspecified atom stereocenters. The number of hydrogen-bond donors (Lipinski definition) is 0. The number of aldehydes is 1. The Morgan fingerprint density at radius 2 is 1.39 bits per heavy atom. The number of esters is 1. The van der Waals surface area contributed by atoms with Crippen LogP contribution in [0.3, 0.4) is 0 Å². The van der Waals surface area contributed by atoms with Crippen LogP contribution < -0.4 is 10.4 Å². The van der Waals surface area contributed by atoms with E-state index >= 15 is 0 Å². The maximum atomic E-state index is 13.6. The van der Waals surface area contributed by atoms with Gasteiger partial charge in [-0.2, -0.15) is 0 Å². The number of hydrogen-bond acceptors (Lipinski definition) is 4. The quantitative estimate of drug-likeness (QED) is 0.207. The zero-order valence-corrected chi connectivity index (χ0v) is 25.2. The topological polar surface area (TPSA) is 52.6 Å². The van der Waals surface area contributed by atoms with Gasteiger partial charge in [-0.05, 0) is 22.3 Å². The van der Waals surface area contributed by atoms with E-state index in [1.807, 2.05) is 19.1 Å². The molecule has 0 radical (unpaired) electrons. The Morgan fingerprint density at radius 1 is 0.917 bits per heavy atom. The van der Waals surface area contributed by atoms with Crippen LogP contribution in [-0.2, 0) is 18.8 Å². The van der Waals surface area contributed by atoms with E-state index in [4.69, 9.17) is 9.16 Å². The maximum absolute atomic E-state index is 13.6. The molecule has 0 N–H and O–H groups in total. The minimum atomic E-state index is -2.82. The smallest absolute Gasteiger partial charge is 0.314 e. The summed E-state index contributed by atoms with van der Waals surface area (Å²) in [5.41, 5.74) is -0.740. The summed E-state index contributed by atoms with van der Waals surface area (Å²) in [7, 11) is -4.75. The van der Waals surface area contributed by atoms with E-state index in [2.05, 4.69) is 90.1 Å². The first kappa shape index (κ1) is 28.5. The SMILES string of the molecule is CC[Si](CC)(CC)[C@H]1[C@@H](CC=O)OC(=O)[C@]1(C)CO[Si](c1ccccc1)(c1ccccc1)C(C)(C)C. The van der Waals surface area contributed by atoms with Crippen LogP contribution >= 0.6 is 0 Å². The van der Waals surface area contributed by atoms with Gasteiger partial charge in [-0.25, -0.2) is 0 Å². The van der Waals surface area contributed by atoms with Gasteiger partial charge >= 0.3 is 5.97 Å². The fourth-order valence-electron chi connectivity index (χ4n) is 6.80. The van der Waals surface area contributed by atoms with Crippen molar-refractivity contribution in [2.75, 3.05) is 6.61 Å². The number of cyclic esters (lactones) is 1. The van der Waals surface area contributed by atoms with Crippen molar-refractivity contribution >= 4 is 39.0 Å². The van der Waals surface area contributed by atoms with Gasteiger partial charge < -0.3 is 14.0 Å². The van der Waals surface area contributed by atoms with Crippen molar-refractivity contribution in [2.24, 2.45) is 5.41 Å². The van der Waals surface area contributed by atoms with Gasteiger partial charge in [0.1, 0.15) is 12.4 Å². The van der Waals surface area contributed by atoms with Crippen molar-refractivity contribution in [3.63, 3.8) is 0 Å². The monoisotopic (exact) mass is 524 g/mol. The van der Waals surface area contributed by atoms with Gasteiger partial charge in [0.2, 0.25) is 0 Å². The van der Waals surface area contributed by atoms with Gasteiger partial charge in [-0.3, -0.25) is 4.79 Å². The Hall–Kier alpha value is -2.03. The van der Waals surface area contributed by atoms with Crippen LogP contribution in [0.25, 0.3) is 0 Å². The van der Waals surface area contributed by atoms with Crippen molar-refractivity contribution in [1.29, 1.82) is 0 Å². The second-order valence-electron chi connectivity index (χ2n) is 11.6. The van der Waals surface area contributed by atoms with E-state index in [0.717, 1.165) is 24.4 Å². The van der Waals surface area contributed by atoms with Crippen LogP contribution in [0.2, 0.25) is 28.7 Å². The third-order valence-corrected chi connectivity index (χ3v) is 20.4. The first-order valence-corrected chi connectivity index (χ1v) is 18.1. The highest BCUT2D eigenvalue weighted by Gasteiger charge is 2.62. The molecule has 3 rings (SSSR count). The molecule has 4 nitrogen and oxygen atoms in total. The van der Waals surface area contributed by atoms with Gasteiger partial charge in [0.25, 0.3) is 8.32 Å².